The van der Waals surface area contributed by atoms with Gasteiger partial charge in [-0.25, -0.2) is 0 Å². The van der Waals surface area contributed by atoms with Crippen LogP contribution in [0.4, 0.5) is 0 Å². The van der Waals surface area contributed by atoms with Crippen LogP contribution < -0.4 is 15.9 Å². The van der Waals surface area contributed by atoms with Gasteiger partial charge in [0.15, 0.2) is 0 Å². The van der Waals surface area contributed by atoms with E-state index >= 15 is 0 Å². The molecular weight excluding hydrogens is 350 g/mol. The highest BCUT2D eigenvalue weighted by atomic mass is 31.1. The van der Waals surface area contributed by atoms with Crippen molar-refractivity contribution in [1.82, 2.24) is 0 Å². The van der Waals surface area contributed by atoms with Crippen LogP contribution in [0.2, 0.25) is 0 Å². The van der Waals surface area contributed by atoms with E-state index in [0.29, 0.717) is 0 Å². The highest BCUT2D eigenvalue weighted by Crippen LogP contribution is 2.34. The van der Waals surface area contributed by atoms with Crippen LogP contribution >= 0.6 is 16.5 Å². The van der Waals surface area contributed by atoms with Crippen LogP contribution in [0.15, 0.2) is 91.0 Å². The predicted octanol–water partition coefficient (Wildman–Crippen LogP) is 5.68. The minimum absolute atomic E-state index is 0.210. The van der Waals surface area contributed by atoms with Gasteiger partial charge in [-0.15, -0.1) is 0 Å². The summed E-state index contributed by atoms with van der Waals surface area (Å²) in [7, 11) is 0.761. The normalized spacial score (nSPS) is 11.4. The van der Waals surface area contributed by atoms with Gasteiger partial charge in [0.2, 0.25) is 0 Å². The SMILES string of the molecule is c1ccc(PCCCCCCP(c2ccccc2)c2ccccc2)cc1. The Morgan fingerprint density at radius 1 is 0.538 bits per heavy atom. The highest BCUT2D eigenvalue weighted by Gasteiger charge is 2.12. The Labute approximate surface area is 161 Å². The van der Waals surface area contributed by atoms with Crippen molar-refractivity contribution in [3.8, 4) is 0 Å². The van der Waals surface area contributed by atoms with Crippen molar-refractivity contribution in [2.75, 3.05) is 12.3 Å². The molecule has 0 saturated carbocycles. The number of hydrogen-bond donors (Lipinski definition) is 0. The lowest BCUT2D eigenvalue weighted by Gasteiger charge is -2.18. The molecule has 0 heterocycles. The van der Waals surface area contributed by atoms with Crippen molar-refractivity contribution < 1.29 is 0 Å². The fourth-order valence-corrected chi connectivity index (χ4v) is 6.72. The lowest BCUT2D eigenvalue weighted by molar-refractivity contribution is 0.709. The van der Waals surface area contributed by atoms with Gasteiger partial charge in [0.05, 0.1) is 0 Å². The quantitative estimate of drug-likeness (QED) is 0.314. The van der Waals surface area contributed by atoms with Crippen LogP contribution in [0.25, 0.3) is 0 Å². The van der Waals surface area contributed by atoms with E-state index in [-0.39, 0.29) is 7.92 Å². The number of hydrogen-bond acceptors (Lipinski definition) is 0. The standard InChI is InChI=1S/C24H28P2/c1(12-20-25-22-14-6-3-7-15-22)2-13-21-26(23-16-8-4-9-17-23)24-18-10-5-11-19-24/h3-11,14-19,25H,1-2,12-13,20-21H2. The van der Waals surface area contributed by atoms with Gasteiger partial charge in [0, 0.05) is 0 Å². The van der Waals surface area contributed by atoms with Gasteiger partial charge >= 0.3 is 0 Å². The average molecular weight is 378 g/mol. The second-order valence-corrected chi connectivity index (χ2v) is 10.3. The van der Waals surface area contributed by atoms with Crippen molar-refractivity contribution in [3.63, 3.8) is 0 Å². The maximum atomic E-state index is 2.31. The Morgan fingerprint density at radius 2 is 1.04 bits per heavy atom. The van der Waals surface area contributed by atoms with Crippen molar-refractivity contribution in [3.05, 3.63) is 91.0 Å². The molecule has 0 spiro atoms. The van der Waals surface area contributed by atoms with E-state index in [9.17, 15) is 0 Å². The van der Waals surface area contributed by atoms with E-state index in [1.165, 1.54) is 53.9 Å². The van der Waals surface area contributed by atoms with Crippen molar-refractivity contribution in [2.45, 2.75) is 25.7 Å². The van der Waals surface area contributed by atoms with Gasteiger partial charge in [-0.1, -0.05) is 112 Å². The van der Waals surface area contributed by atoms with Crippen LogP contribution in [0, 0.1) is 0 Å². The summed E-state index contributed by atoms with van der Waals surface area (Å²) in [4.78, 5) is 0. The fourth-order valence-electron chi connectivity index (χ4n) is 3.16. The zero-order valence-corrected chi connectivity index (χ0v) is 17.2. The molecule has 3 rings (SSSR count). The van der Waals surface area contributed by atoms with Crippen molar-refractivity contribution in [2.24, 2.45) is 0 Å². The third-order valence-electron chi connectivity index (χ3n) is 4.55. The second kappa shape index (κ2) is 11.3. The zero-order valence-electron chi connectivity index (χ0n) is 15.4. The molecule has 0 aliphatic rings. The first-order valence-electron chi connectivity index (χ1n) is 9.60. The summed E-state index contributed by atoms with van der Waals surface area (Å²) in [5.74, 6) is 0. The predicted molar refractivity (Wildman–Crippen MR) is 122 cm³/mol. The van der Waals surface area contributed by atoms with Gasteiger partial charge in [0.1, 0.15) is 0 Å². The maximum absolute atomic E-state index is 2.31. The molecule has 0 aromatic heterocycles. The molecule has 0 aliphatic carbocycles. The number of rotatable bonds is 10. The first-order valence-corrected chi connectivity index (χ1v) is 12.3. The molecule has 0 radical (unpaired) electrons. The molecule has 2 heteroatoms. The van der Waals surface area contributed by atoms with Crippen LogP contribution in [0.1, 0.15) is 25.7 Å². The summed E-state index contributed by atoms with van der Waals surface area (Å²) >= 11 is 0. The Balaban J connectivity index is 1.42. The zero-order chi connectivity index (χ0) is 17.9. The summed E-state index contributed by atoms with van der Waals surface area (Å²) in [6, 6.07) is 33.1. The van der Waals surface area contributed by atoms with Crippen molar-refractivity contribution >= 4 is 32.4 Å². The molecule has 0 N–H and O–H groups in total. The molecule has 0 aliphatic heterocycles. The molecular formula is C24H28P2. The Morgan fingerprint density at radius 3 is 1.62 bits per heavy atom. The molecule has 26 heavy (non-hydrogen) atoms. The molecule has 1 atom stereocenters. The molecule has 0 nitrogen and oxygen atoms in total. The van der Waals surface area contributed by atoms with E-state index in [2.05, 4.69) is 91.0 Å². The second-order valence-electron chi connectivity index (χ2n) is 6.53. The first kappa shape index (κ1) is 19.3. The van der Waals surface area contributed by atoms with E-state index < -0.39 is 0 Å². The molecule has 134 valence electrons. The number of benzene rings is 3. The topological polar surface area (TPSA) is 0 Å². The maximum Gasteiger partial charge on any atom is -0.0195 e. The van der Waals surface area contributed by atoms with E-state index in [1.54, 1.807) is 0 Å². The molecule has 0 fully saturated rings. The summed E-state index contributed by atoms with van der Waals surface area (Å²) in [6.07, 6.45) is 8.08. The van der Waals surface area contributed by atoms with Crippen LogP contribution in [-0.2, 0) is 0 Å². The molecule has 0 amide bonds. The monoisotopic (exact) mass is 378 g/mol. The third-order valence-corrected chi connectivity index (χ3v) is 8.50. The van der Waals surface area contributed by atoms with Gasteiger partial charge < -0.3 is 0 Å². The lowest BCUT2D eigenvalue weighted by Crippen LogP contribution is -2.13. The molecule has 0 bridgehead atoms. The summed E-state index contributed by atoms with van der Waals surface area (Å²) in [5.41, 5.74) is 0. The van der Waals surface area contributed by atoms with Crippen molar-refractivity contribution in [1.29, 1.82) is 0 Å². The minimum atomic E-state index is -0.210. The van der Waals surface area contributed by atoms with Crippen LogP contribution in [-0.4, -0.2) is 12.3 Å². The summed E-state index contributed by atoms with van der Waals surface area (Å²) in [6.45, 7) is 0. The van der Waals surface area contributed by atoms with Gasteiger partial charge in [-0.05, 0) is 49.0 Å². The summed E-state index contributed by atoms with van der Waals surface area (Å²) in [5, 5.41) is 4.53. The van der Waals surface area contributed by atoms with E-state index in [1.807, 2.05) is 0 Å². The Hall–Kier alpha value is -1.48. The van der Waals surface area contributed by atoms with Crippen LogP contribution in [0.5, 0.6) is 0 Å². The van der Waals surface area contributed by atoms with Gasteiger partial charge in [0.25, 0.3) is 0 Å². The first-order chi connectivity index (χ1) is 12.9. The van der Waals surface area contributed by atoms with Gasteiger partial charge in [-0.3, -0.25) is 0 Å². The van der Waals surface area contributed by atoms with Gasteiger partial charge in [-0.2, -0.15) is 0 Å². The average Bonchev–Trinajstić information content (AvgIpc) is 2.72. The Bertz CT molecular complexity index is 686. The fraction of sp³-hybridized carbons (Fsp3) is 0.250. The number of unbranched alkanes of at least 4 members (excludes halogenated alkanes) is 3. The molecule has 1 unspecified atom stereocenters. The summed E-state index contributed by atoms with van der Waals surface area (Å²) < 4.78 is 0. The minimum Gasteiger partial charge on any atom is -0.0904 e. The lowest BCUT2D eigenvalue weighted by atomic mass is 10.2. The van der Waals surface area contributed by atoms with Crippen LogP contribution in [0.3, 0.4) is 0 Å². The van der Waals surface area contributed by atoms with E-state index in [4.69, 9.17) is 0 Å². The molecule has 3 aromatic rings. The molecule has 3 aromatic carbocycles. The smallest absolute Gasteiger partial charge is 0.0195 e. The van der Waals surface area contributed by atoms with E-state index in [0.717, 1.165) is 8.58 Å². The largest absolute Gasteiger partial charge is 0.0904 e. The Kier molecular flexibility index (Phi) is 8.37. The highest BCUT2D eigenvalue weighted by molar-refractivity contribution is 7.73. The third kappa shape index (κ3) is 6.35. The molecule has 0 saturated heterocycles.